The molecule has 0 bridgehead atoms. The molecule has 0 aromatic carbocycles. The van der Waals surface area contributed by atoms with Crippen molar-refractivity contribution >= 4 is 21.9 Å². The molecule has 0 spiro atoms. The van der Waals surface area contributed by atoms with Crippen molar-refractivity contribution < 1.29 is 31.8 Å². The number of aromatic nitrogens is 7. The standard InChI is InChI=1S/C23H30FN9O6S/c1-4-38-15-8-16(12-32(11-15)22-25-9-14(24)10-26-22)40(34,35)31-23-30-29-19(17-6-5-7-39-17)33(23)18-20(36-2)27-13-28-21(18)37-3/h9-10,13,15-17H,4-8,11-12H2,1-3H3,(H,30,31)/t15-,16-,17-/m0/s1. The molecule has 3 atom stereocenters. The van der Waals surface area contributed by atoms with Crippen LogP contribution < -0.4 is 19.1 Å². The highest BCUT2D eigenvalue weighted by molar-refractivity contribution is 7.93. The Bertz CT molecular complexity index is 1400. The van der Waals surface area contributed by atoms with E-state index >= 15 is 0 Å². The number of nitrogens with zero attached hydrogens (tertiary/aromatic N) is 8. The third-order valence-corrected chi connectivity index (χ3v) is 8.30. The summed E-state index contributed by atoms with van der Waals surface area (Å²) >= 11 is 0. The molecular formula is C23H30FN9O6S. The summed E-state index contributed by atoms with van der Waals surface area (Å²) in [5.74, 6) is 0.0923. The number of sulfonamides is 1. The first kappa shape index (κ1) is 27.9. The number of anilines is 2. The molecule has 40 heavy (non-hydrogen) atoms. The van der Waals surface area contributed by atoms with E-state index in [1.165, 1.54) is 25.1 Å². The molecule has 2 saturated heterocycles. The van der Waals surface area contributed by atoms with Gasteiger partial charge in [0.15, 0.2) is 17.3 Å². The SMILES string of the molecule is CCO[C@H]1C[C@H](S(=O)(=O)Nc2nnc([C@@H]3CCCO3)n2-c2c(OC)ncnc2OC)CN(c2ncc(F)cn2)C1. The van der Waals surface area contributed by atoms with Gasteiger partial charge in [-0.15, -0.1) is 10.2 Å². The van der Waals surface area contributed by atoms with Gasteiger partial charge in [0.1, 0.15) is 17.7 Å². The first-order valence-electron chi connectivity index (χ1n) is 12.7. The third kappa shape index (κ3) is 5.62. The van der Waals surface area contributed by atoms with E-state index in [-0.39, 0.29) is 42.3 Å². The highest BCUT2D eigenvalue weighted by atomic mass is 32.2. The summed E-state index contributed by atoms with van der Waals surface area (Å²) in [4.78, 5) is 18.0. The number of piperidine rings is 1. The van der Waals surface area contributed by atoms with Gasteiger partial charge in [-0.3, -0.25) is 9.29 Å². The van der Waals surface area contributed by atoms with Gasteiger partial charge in [-0.05, 0) is 26.2 Å². The predicted octanol–water partition coefficient (Wildman–Crippen LogP) is 1.28. The first-order chi connectivity index (χ1) is 19.3. The van der Waals surface area contributed by atoms with Gasteiger partial charge in [-0.1, -0.05) is 0 Å². The number of rotatable bonds is 10. The summed E-state index contributed by atoms with van der Waals surface area (Å²) in [6, 6.07) is 0. The maximum Gasteiger partial charge on any atom is 0.245 e. The fraction of sp³-hybridized carbons (Fsp3) is 0.565. The van der Waals surface area contributed by atoms with Crippen LogP contribution in [0.2, 0.25) is 0 Å². The van der Waals surface area contributed by atoms with Gasteiger partial charge in [0.05, 0.1) is 32.7 Å². The van der Waals surface area contributed by atoms with Crippen LogP contribution >= 0.6 is 0 Å². The zero-order chi connectivity index (χ0) is 28.3. The lowest BCUT2D eigenvalue weighted by molar-refractivity contribution is 0.0531. The molecule has 15 nitrogen and oxygen atoms in total. The maximum atomic E-state index is 13.9. The van der Waals surface area contributed by atoms with Gasteiger partial charge in [0, 0.05) is 26.3 Å². The molecule has 0 radical (unpaired) electrons. The largest absolute Gasteiger partial charge is 0.479 e. The minimum atomic E-state index is -4.10. The average molecular weight is 580 g/mol. The van der Waals surface area contributed by atoms with Crippen LogP contribution in [-0.2, 0) is 19.5 Å². The lowest BCUT2D eigenvalue weighted by atomic mass is 10.1. The molecule has 2 aliphatic heterocycles. The Balaban J connectivity index is 1.52. The molecule has 5 rings (SSSR count). The molecule has 0 amide bonds. The minimum Gasteiger partial charge on any atom is -0.479 e. The normalized spacial score (nSPS) is 21.4. The van der Waals surface area contributed by atoms with Crippen LogP contribution in [0.5, 0.6) is 11.8 Å². The highest BCUT2D eigenvalue weighted by Gasteiger charge is 2.39. The van der Waals surface area contributed by atoms with Crippen molar-refractivity contribution in [2.45, 2.75) is 43.6 Å². The molecule has 1 N–H and O–H groups in total. The Morgan fingerprint density at radius 3 is 2.45 bits per heavy atom. The molecule has 2 aliphatic rings. The topological polar surface area (TPSA) is 169 Å². The van der Waals surface area contributed by atoms with Crippen molar-refractivity contribution in [3.63, 3.8) is 0 Å². The highest BCUT2D eigenvalue weighted by Crippen LogP contribution is 2.37. The maximum absolute atomic E-state index is 13.9. The van der Waals surface area contributed by atoms with Gasteiger partial charge in [-0.25, -0.2) is 22.8 Å². The zero-order valence-corrected chi connectivity index (χ0v) is 23.0. The molecule has 0 unspecified atom stereocenters. The third-order valence-electron chi connectivity index (χ3n) is 6.61. The summed E-state index contributed by atoms with van der Waals surface area (Å²) in [5, 5.41) is 7.49. The van der Waals surface area contributed by atoms with Crippen LogP contribution in [0.1, 0.15) is 38.1 Å². The van der Waals surface area contributed by atoms with Crippen LogP contribution in [-0.4, -0.2) is 95.0 Å². The van der Waals surface area contributed by atoms with E-state index in [1.807, 2.05) is 6.92 Å². The number of hydrogen-bond donors (Lipinski definition) is 1. The zero-order valence-electron chi connectivity index (χ0n) is 22.2. The van der Waals surface area contributed by atoms with Crippen molar-refractivity contribution in [2.75, 3.05) is 50.1 Å². The number of ether oxygens (including phenoxy) is 4. The second kappa shape index (κ2) is 11.8. The molecule has 3 aromatic rings. The monoisotopic (exact) mass is 579 g/mol. The smallest absolute Gasteiger partial charge is 0.245 e. The molecule has 2 fully saturated rings. The summed E-state index contributed by atoms with van der Waals surface area (Å²) in [6.45, 7) is 3.13. The molecule has 17 heteroatoms. The van der Waals surface area contributed by atoms with Gasteiger partial charge >= 0.3 is 0 Å². The van der Waals surface area contributed by atoms with E-state index < -0.39 is 33.3 Å². The summed E-state index contributed by atoms with van der Waals surface area (Å²) in [5.41, 5.74) is 0.220. The van der Waals surface area contributed by atoms with Crippen molar-refractivity contribution in [1.82, 2.24) is 34.7 Å². The summed E-state index contributed by atoms with van der Waals surface area (Å²) < 4.78 is 67.7. The average Bonchev–Trinajstić information content (AvgIpc) is 3.63. The van der Waals surface area contributed by atoms with Crippen LogP contribution in [0.3, 0.4) is 0 Å². The second-order valence-electron chi connectivity index (χ2n) is 9.15. The van der Waals surface area contributed by atoms with Crippen LogP contribution in [0, 0.1) is 5.82 Å². The van der Waals surface area contributed by atoms with E-state index in [1.54, 1.807) is 4.90 Å². The van der Waals surface area contributed by atoms with E-state index in [0.29, 0.717) is 32.0 Å². The van der Waals surface area contributed by atoms with E-state index in [4.69, 9.17) is 18.9 Å². The summed E-state index contributed by atoms with van der Waals surface area (Å²) in [7, 11) is -1.26. The fourth-order valence-electron chi connectivity index (χ4n) is 4.84. The molecule has 5 heterocycles. The Kier molecular flexibility index (Phi) is 8.22. The predicted molar refractivity (Wildman–Crippen MR) is 139 cm³/mol. The second-order valence-corrected chi connectivity index (χ2v) is 11.1. The van der Waals surface area contributed by atoms with Gasteiger partial charge in [0.2, 0.25) is 33.7 Å². The Morgan fingerprint density at radius 2 is 1.82 bits per heavy atom. The van der Waals surface area contributed by atoms with E-state index in [9.17, 15) is 12.8 Å². The Morgan fingerprint density at radius 1 is 1.10 bits per heavy atom. The summed E-state index contributed by atoms with van der Waals surface area (Å²) in [6.07, 6.45) is 4.13. The van der Waals surface area contributed by atoms with Crippen molar-refractivity contribution in [3.05, 3.63) is 30.4 Å². The Hall–Kier alpha value is -3.70. The van der Waals surface area contributed by atoms with Gasteiger partial charge in [-0.2, -0.15) is 9.97 Å². The number of nitrogens with one attached hydrogen (secondary N) is 1. The lowest BCUT2D eigenvalue weighted by Gasteiger charge is -2.37. The van der Waals surface area contributed by atoms with Gasteiger partial charge < -0.3 is 23.8 Å². The van der Waals surface area contributed by atoms with E-state index in [2.05, 4.69) is 34.9 Å². The fourth-order valence-corrected chi connectivity index (χ4v) is 6.24. The number of hydrogen-bond acceptors (Lipinski definition) is 13. The van der Waals surface area contributed by atoms with Crippen LogP contribution in [0.15, 0.2) is 18.7 Å². The molecule has 0 saturated carbocycles. The van der Waals surface area contributed by atoms with Crippen molar-refractivity contribution in [1.29, 1.82) is 0 Å². The van der Waals surface area contributed by atoms with Gasteiger partial charge in [0.25, 0.3) is 0 Å². The minimum absolute atomic E-state index is 0.0400. The Labute approximate surface area is 230 Å². The van der Waals surface area contributed by atoms with E-state index in [0.717, 1.165) is 18.8 Å². The van der Waals surface area contributed by atoms with Crippen molar-refractivity contribution in [2.24, 2.45) is 0 Å². The number of halogens is 1. The molecule has 216 valence electrons. The number of methoxy groups -OCH3 is 2. The first-order valence-corrected chi connectivity index (χ1v) is 14.2. The molecule has 3 aromatic heterocycles. The van der Waals surface area contributed by atoms with Crippen molar-refractivity contribution in [3.8, 4) is 17.4 Å². The quantitative estimate of drug-likeness (QED) is 0.365. The van der Waals surface area contributed by atoms with Crippen LogP contribution in [0.25, 0.3) is 5.69 Å². The van der Waals surface area contributed by atoms with Crippen LogP contribution in [0.4, 0.5) is 16.3 Å². The molecular weight excluding hydrogens is 549 g/mol. The molecule has 0 aliphatic carbocycles. The lowest BCUT2D eigenvalue weighted by Crippen LogP contribution is -2.51.